The fourth-order valence-electron chi connectivity index (χ4n) is 1.49. The molecule has 0 aliphatic rings. The molecule has 6 heteroatoms. The van der Waals surface area contributed by atoms with Crippen molar-refractivity contribution < 1.29 is 9.90 Å². The van der Waals surface area contributed by atoms with E-state index in [0.29, 0.717) is 16.9 Å². The molecule has 1 heterocycles. The van der Waals surface area contributed by atoms with E-state index >= 15 is 0 Å². The highest BCUT2D eigenvalue weighted by atomic mass is 16.4. The molecule has 88 valence electrons. The summed E-state index contributed by atoms with van der Waals surface area (Å²) in [5.41, 5.74) is 10.0. The molecular weight excluding hydrogens is 232 g/mol. The molecule has 0 atom stereocenters. The molecule has 0 fully saturated rings. The van der Waals surface area contributed by atoms with Gasteiger partial charge in [0.1, 0.15) is 5.69 Å². The van der Waals surface area contributed by atoms with Crippen LogP contribution >= 0.6 is 0 Å². The van der Waals surface area contributed by atoms with Crippen molar-refractivity contribution in [1.29, 1.82) is 0 Å². The number of hydrogen-bond donors (Lipinski definition) is 1. The Morgan fingerprint density at radius 1 is 1.28 bits per heavy atom. The molecule has 0 unspecified atom stereocenters. The van der Waals surface area contributed by atoms with Gasteiger partial charge in [0.25, 0.3) is 0 Å². The number of nitrogens with zero attached hydrogens (tertiary/aromatic N) is 4. The zero-order valence-electron chi connectivity index (χ0n) is 9.19. The van der Waals surface area contributed by atoms with Gasteiger partial charge in [0.2, 0.25) is 0 Å². The lowest BCUT2D eigenvalue weighted by atomic mass is 10.1. The predicted octanol–water partition coefficient (Wildman–Crippen LogP) is 3.39. The third-order valence-electron chi connectivity index (χ3n) is 2.27. The van der Waals surface area contributed by atoms with Crippen LogP contribution in [0.4, 0.5) is 5.69 Å². The van der Waals surface area contributed by atoms with E-state index in [1.54, 1.807) is 36.4 Å². The lowest BCUT2D eigenvalue weighted by molar-refractivity contribution is 0.0690. The van der Waals surface area contributed by atoms with Gasteiger partial charge in [-0.2, -0.15) is 0 Å². The summed E-state index contributed by atoms with van der Waals surface area (Å²) in [6.07, 6.45) is 0. The van der Waals surface area contributed by atoms with Gasteiger partial charge < -0.3 is 5.11 Å². The van der Waals surface area contributed by atoms with Gasteiger partial charge in [-0.25, -0.2) is 9.78 Å². The smallest absolute Gasteiger partial charge is 0.354 e. The highest BCUT2D eigenvalue weighted by molar-refractivity contribution is 5.86. The van der Waals surface area contributed by atoms with Crippen LogP contribution in [0.1, 0.15) is 10.5 Å². The van der Waals surface area contributed by atoms with E-state index in [1.807, 2.05) is 0 Å². The van der Waals surface area contributed by atoms with Gasteiger partial charge in [0.15, 0.2) is 0 Å². The van der Waals surface area contributed by atoms with E-state index in [1.165, 1.54) is 6.07 Å². The summed E-state index contributed by atoms with van der Waals surface area (Å²) in [4.78, 5) is 17.5. The fourth-order valence-corrected chi connectivity index (χ4v) is 1.49. The summed E-state index contributed by atoms with van der Waals surface area (Å²) in [5, 5.41) is 12.4. The Morgan fingerprint density at radius 2 is 2.06 bits per heavy atom. The number of rotatable bonds is 3. The third kappa shape index (κ3) is 2.45. The average molecular weight is 240 g/mol. The number of carbonyl (C=O) groups is 1. The van der Waals surface area contributed by atoms with Gasteiger partial charge in [-0.15, -0.1) is 0 Å². The van der Waals surface area contributed by atoms with Crippen LogP contribution in [-0.2, 0) is 0 Å². The average Bonchev–Trinajstić information content (AvgIpc) is 2.39. The summed E-state index contributed by atoms with van der Waals surface area (Å²) in [5.74, 6) is -1.08. The number of carboxylic acids is 1. The van der Waals surface area contributed by atoms with Gasteiger partial charge in [-0.05, 0) is 23.7 Å². The first-order chi connectivity index (χ1) is 8.70. The molecule has 0 aliphatic heterocycles. The zero-order valence-corrected chi connectivity index (χ0v) is 9.19. The van der Waals surface area contributed by atoms with Crippen molar-refractivity contribution in [3.63, 3.8) is 0 Å². The quantitative estimate of drug-likeness (QED) is 0.505. The van der Waals surface area contributed by atoms with Gasteiger partial charge in [0, 0.05) is 16.2 Å². The molecule has 0 aliphatic carbocycles. The molecule has 1 N–H and O–H groups in total. The molecule has 18 heavy (non-hydrogen) atoms. The van der Waals surface area contributed by atoms with Crippen LogP contribution in [0.5, 0.6) is 0 Å². The molecular formula is C12H8N4O2. The highest BCUT2D eigenvalue weighted by Gasteiger charge is 2.06. The maximum absolute atomic E-state index is 10.8. The zero-order chi connectivity index (χ0) is 13.0. The topological polar surface area (TPSA) is 99.0 Å². The minimum atomic E-state index is -1.08. The molecule has 2 rings (SSSR count). The molecule has 1 aromatic carbocycles. The Labute approximate surface area is 102 Å². The second-order valence-electron chi connectivity index (χ2n) is 3.45. The number of pyridine rings is 1. The number of carboxylic acid groups (broad SMARTS) is 1. The van der Waals surface area contributed by atoms with Crippen LogP contribution in [-0.4, -0.2) is 16.1 Å². The Kier molecular flexibility index (Phi) is 3.22. The summed E-state index contributed by atoms with van der Waals surface area (Å²) in [6, 6.07) is 11.5. The predicted molar refractivity (Wildman–Crippen MR) is 65.4 cm³/mol. The van der Waals surface area contributed by atoms with Crippen molar-refractivity contribution in [3.05, 3.63) is 58.6 Å². The van der Waals surface area contributed by atoms with E-state index < -0.39 is 5.97 Å². The van der Waals surface area contributed by atoms with Crippen LogP contribution in [0.25, 0.3) is 21.7 Å². The number of azide groups is 1. The lowest BCUT2D eigenvalue weighted by Gasteiger charge is -2.02. The first-order valence-corrected chi connectivity index (χ1v) is 5.06. The number of hydrogen-bond acceptors (Lipinski definition) is 3. The first kappa shape index (κ1) is 11.6. The van der Waals surface area contributed by atoms with Crippen molar-refractivity contribution in [2.75, 3.05) is 0 Å². The van der Waals surface area contributed by atoms with Gasteiger partial charge in [-0.3, -0.25) is 0 Å². The van der Waals surface area contributed by atoms with Crippen LogP contribution in [0, 0.1) is 0 Å². The molecule has 0 bridgehead atoms. The third-order valence-corrected chi connectivity index (χ3v) is 2.27. The Balaban J connectivity index is 2.48. The highest BCUT2D eigenvalue weighted by Crippen LogP contribution is 2.22. The Bertz CT molecular complexity index is 605. The van der Waals surface area contributed by atoms with Crippen molar-refractivity contribution in [2.45, 2.75) is 0 Å². The molecule has 0 saturated carbocycles. The van der Waals surface area contributed by atoms with E-state index in [-0.39, 0.29) is 5.69 Å². The first-order valence-electron chi connectivity index (χ1n) is 5.06. The van der Waals surface area contributed by atoms with Crippen molar-refractivity contribution in [2.24, 2.45) is 5.11 Å². The second-order valence-corrected chi connectivity index (χ2v) is 3.45. The minimum Gasteiger partial charge on any atom is -0.477 e. The lowest BCUT2D eigenvalue weighted by Crippen LogP contribution is -2.00. The molecule has 0 spiro atoms. The largest absolute Gasteiger partial charge is 0.477 e. The molecule has 2 aromatic rings. The van der Waals surface area contributed by atoms with E-state index in [4.69, 9.17) is 10.6 Å². The van der Waals surface area contributed by atoms with Crippen LogP contribution in [0.15, 0.2) is 47.6 Å². The number of aromatic carboxylic acids is 1. The van der Waals surface area contributed by atoms with Crippen molar-refractivity contribution in [3.8, 4) is 11.3 Å². The normalized spacial score (nSPS) is 9.56. The Hall–Kier alpha value is -2.85. The summed E-state index contributed by atoms with van der Waals surface area (Å²) in [7, 11) is 0. The maximum atomic E-state index is 10.8. The molecule has 1 aromatic heterocycles. The number of aromatic nitrogens is 1. The standard InChI is InChI=1S/C12H8N4O2/c13-16-15-9-4-1-3-8(7-9)10-5-2-6-11(14-10)12(17)18/h1-7H,(H,17,18). The number of benzene rings is 1. The SMILES string of the molecule is [N-]=[N+]=Nc1cccc(-c2cccc(C(=O)O)n2)c1. The Morgan fingerprint density at radius 3 is 2.78 bits per heavy atom. The van der Waals surface area contributed by atoms with Crippen LogP contribution in [0.2, 0.25) is 0 Å². The fraction of sp³-hybridized carbons (Fsp3) is 0. The van der Waals surface area contributed by atoms with Gasteiger partial charge >= 0.3 is 5.97 Å². The van der Waals surface area contributed by atoms with Crippen LogP contribution in [0.3, 0.4) is 0 Å². The molecule has 0 radical (unpaired) electrons. The van der Waals surface area contributed by atoms with E-state index in [2.05, 4.69) is 15.0 Å². The molecule has 6 nitrogen and oxygen atoms in total. The molecule has 0 saturated heterocycles. The second kappa shape index (κ2) is 4.99. The summed E-state index contributed by atoms with van der Waals surface area (Å²) < 4.78 is 0. The van der Waals surface area contributed by atoms with E-state index in [0.717, 1.165) is 0 Å². The van der Waals surface area contributed by atoms with Crippen LogP contribution < -0.4 is 0 Å². The van der Waals surface area contributed by atoms with E-state index in [9.17, 15) is 4.79 Å². The summed E-state index contributed by atoms with van der Waals surface area (Å²) in [6.45, 7) is 0. The summed E-state index contributed by atoms with van der Waals surface area (Å²) >= 11 is 0. The maximum Gasteiger partial charge on any atom is 0.354 e. The van der Waals surface area contributed by atoms with Gasteiger partial charge in [-0.1, -0.05) is 29.4 Å². The minimum absolute atomic E-state index is 0.0262. The van der Waals surface area contributed by atoms with Gasteiger partial charge in [0.05, 0.1) is 5.69 Å². The van der Waals surface area contributed by atoms with Crippen molar-refractivity contribution >= 4 is 11.7 Å². The monoisotopic (exact) mass is 240 g/mol. The van der Waals surface area contributed by atoms with Crippen molar-refractivity contribution in [1.82, 2.24) is 4.98 Å². The molecule has 0 amide bonds.